The van der Waals surface area contributed by atoms with Gasteiger partial charge < -0.3 is 14.6 Å². The summed E-state index contributed by atoms with van der Waals surface area (Å²) in [6.45, 7) is 8.48. The molecule has 1 N–H and O–H groups in total. The Balaban J connectivity index is 2.04. The van der Waals surface area contributed by atoms with E-state index in [1.807, 2.05) is 24.6 Å². The fourth-order valence-corrected chi connectivity index (χ4v) is 2.98. The highest BCUT2D eigenvalue weighted by atomic mass is 16.4. The zero-order valence-electron chi connectivity index (χ0n) is 13.6. The molecule has 2 heterocycles. The number of likely N-dealkylation sites (N-methyl/N-ethyl adjacent to an activating group) is 1. The lowest BCUT2D eigenvalue weighted by Crippen LogP contribution is -2.46. The molecule has 1 aromatic rings. The van der Waals surface area contributed by atoms with Crippen LogP contribution in [0.1, 0.15) is 28.0 Å². The first-order chi connectivity index (χ1) is 10.4. The van der Waals surface area contributed by atoms with Crippen LogP contribution in [0.2, 0.25) is 0 Å². The maximum Gasteiger partial charge on any atom is 0.305 e. The third-order valence-corrected chi connectivity index (χ3v) is 4.34. The van der Waals surface area contributed by atoms with Crippen molar-refractivity contribution in [2.45, 2.75) is 26.8 Å². The first kappa shape index (κ1) is 16.7. The first-order valence-electron chi connectivity index (χ1n) is 7.70. The van der Waals surface area contributed by atoms with Gasteiger partial charge in [0.2, 0.25) is 0 Å². The van der Waals surface area contributed by atoms with Crippen LogP contribution in [0.15, 0.2) is 6.20 Å². The van der Waals surface area contributed by atoms with Crippen molar-refractivity contribution in [3.63, 3.8) is 0 Å². The summed E-state index contributed by atoms with van der Waals surface area (Å²) in [5.41, 5.74) is 2.56. The average molecular weight is 307 g/mol. The molecule has 0 spiro atoms. The fraction of sp³-hybridized carbons (Fsp3) is 0.625. The molecule has 1 fully saturated rings. The van der Waals surface area contributed by atoms with Crippen LogP contribution in [-0.2, 0) is 11.3 Å². The maximum atomic E-state index is 12.6. The van der Waals surface area contributed by atoms with Crippen LogP contribution in [0.25, 0.3) is 0 Å². The number of hydrogen-bond acceptors (Lipinski definition) is 4. The van der Waals surface area contributed by atoms with Gasteiger partial charge in [-0.1, -0.05) is 0 Å². The molecule has 0 saturated carbocycles. The van der Waals surface area contributed by atoms with E-state index in [4.69, 9.17) is 5.11 Å². The van der Waals surface area contributed by atoms with Crippen molar-refractivity contribution in [3.05, 3.63) is 23.0 Å². The lowest BCUT2D eigenvalue weighted by molar-refractivity contribution is -0.137. The highest BCUT2D eigenvalue weighted by Gasteiger charge is 2.21. The van der Waals surface area contributed by atoms with Gasteiger partial charge in [0.15, 0.2) is 5.78 Å². The van der Waals surface area contributed by atoms with E-state index in [9.17, 15) is 9.59 Å². The van der Waals surface area contributed by atoms with Gasteiger partial charge in [0.25, 0.3) is 0 Å². The van der Waals surface area contributed by atoms with Crippen LogP contribution < -0.4 is 0 Å². The molecule has 6 heteroatoms. The van der Waals surface area contributed by atoms with Crippen molar-refractivity contribution in [1.82, 2.24) is 14.4 Å². The van der Waals surface area contributed by atoms with E-state index in [0.29, 0.717) is 13.1 Å². The molecular weight excluding hydrogens is 282 g/mol. The summed E-state index contributed by atoms with van der Waals surface area (Å²) >= 11 is 0. The predicted molar refractivity (Wildman–Crippen MR) is 84.4 cm³/mol. The molecule has 1 aliphatic heterocycles. The molecular formula is C16H25N3O3. The SMILES string of the molecule is Cc1cn(CCC(=O)O)c(C)c1C(=O)CN1CCN(C)CC1. The molecule has 0 aliphatic carbocycles. The number of carboxylic acids is 1. The topological polar surface area (TPSA) is 65.8 Å². The van der Waals surface area contributed by atoms with E-state index in [1.165, 1.54) is 0 Å². The number of aromatic nitrogens is 1. The minimum atomic E-state index is -0.823. The van der Waals surface area contributed by atoms with Gasteiger partial charge in [-0.2, -0.15) is 0 Å². The number of ketones is 1. The number of carboxylic acid groups (broad SMARTS) is 1. The monoisotopic (exact) mass is 307 g/mol. The third kappa shape index (κ3) is 3.96. The van der Waals surface area contributed by atoms with E-state index >= 15 is 0 Å². The molecule has 0 unspecified atom stereocenters. The number of nitrogens with zero attached hydrogens (tertiary/aromatic N) is 3. The van der Waals surface area contributed by atoms with Gasteiger partial charge in [-0.25, -0.2) is 0 Å². The van der Waals surface area contributed by atoms with Crippen LogP contribution in [-0.4, -0.2) is 71.0 Å². The van der Waals surface area contributed by atoms with Crippen molar-refractivity contribution in [2.24, 2.45) is 0 Å². The molecule has 0 amide bonds. The van der Waals surface area contributed by atoms with Crippen molar-refractivity contribution in [3.8, 4) is 0 Å². The summed E-state index contributed by atoms with van der Waals surface area (Å²) in [5, 5.41) is 8.80. The Kier molecular flexibility index (Phi) is 5.37. The number of carbonyl (C=O) groups is 2. The van der Waals surface area contributed by atoms with Crippen LogP contribution in [0.3, 0.4) is 0 Å². The second-order valence-corrected chi connectivity index (χ2v) is 6.11. The summed E-state index contributed by atoms with van der Waals surface area (Å²) in [4.78, 5) is 27.8. The zero-order valence-corrected chi connectivity index (χ0v) is 13.6. The first-order valence-corrected chi connectivity index (χ1v) is 7.70. The normalized spacial score (nSPS) is 16.9. The van der Waals surface area contributed by atoms with Gasteiger partial charge in [0, 0.05) is 50.2 Å². The minimum Gasteiger partial charge on any atom is -0.481 e. The smallest absolute Gasteiger partial charge is 0.305 e. The summed E-state index contributed by atoms with van der Waals surface area (Å²) in [6, 6.07) is 0. The Morgan fingerprint density at radius 2 is 1.82 bits per heavy atom. The molecule has 22 heavy (non-hydrogen) atoms. The van der Waals surface area contributed by atoms with E-state index in [0.717, 1.165) is 43.0 Å². The molecule has 0 radical (unpaired) electrons. The molecule has 1 saturated heterocycles. The molecule has 0 atom stereocenters. The fourth-order valence-electron chi connectivity index (χ4n) is 2.98. The minimum absolute atomic E-state index is 0.0705. The Bertz CT molecular complexity index is 557. The van der Waals surface area contributed by atoms with Crippen molar-refractivity contribution in [2.75, 3.05) is 39.8 Å². The van der Waals surface area contributed by atoms with Crippen molar-refractivity contribution in [1.29, 1.82) is 0 Å². The van der Waals surface area contributed by atoms with Crippen LogP contribution >= 0.6 is 0 Å². The number of carbonyl (C=O) groups excluding carboxylic acids is 1. The number of rotatable bonds is 6. The quantitative estimate of drug-likeness (QED) is 0.795. The molecule has 1 aliphatic rings. The van der Waals surface area contributed by atoms with Crippen LogP contribution in [0, 0.1) is 13.8 Å². The average Bonchev–Trinajstić information content (AvgIpc) is 2.73. The highest BCUT2D eigenvalue weighted by molar-refractivity contribution is 6.00. The van der Waals surface area contributed by atoms with Gasteiger partial charge in [0.1, 0.15) is 0 Å². The van der Waals surface area contributed by atoms with E-state index in [2.05, 4.69) is 16.8 Å². The standard InChI is InChI=1S/C16H25N3O3/c1-12-10-19(5-4-15(21)22)13(2)16(12)14(20)11-18-8-6-17(3)7-9-18/h10H,4-9,11H2,1-3H3,(H,21,22). The van der Waals surface area contributed by atoms with E-state index in [1.54, 1.807) is 0 Å². The van der Waals surface area contributed by atoms with E-state index < -0.39 is 5.97 Å². The Labute approximate surface area is 131 Å². The number of aliphatic carboxylic acids is 1. The largest absolute Gasteiger partial charge is 0.481 e. The van der Waals surface area contributed by atoms with Crippen LogP contribution in [0.4, 0.5) is 0 Å². The van der Waals surface area contributed by atoms with Gasteiger partial charge in [0.05, 0.1) is 13.0 Å². The molecule has 6 nitrogen and oxygen atoms in total. The third-order valence-electron chi connectivity index (χ3n) is 4.34. The lowest BCUT2D eigenvalue weighted by atomic mass is 10.1. The molecule has 0 bridgehead atoms. The van der Waals surface area contributed by atoms with Gasteiger partial charge >= 0.3 is 5.97 Å². The summed E-state index contributed by atoms with van der Waals surface area (Å²) in [7, 11) is 2.09. The zero-order chi connectivity index (χ0) is 16.3. The Morgan fingerprint density at radius 1 is 1.18 bits per heavy atom. The molecule has 1 aromatic heterocycles. The van der Waals surface area contributed by atoms with Gasteiger partial charge in [-0.15, -0.1) is 0 Å². The lowest BCUT2D eigenvalue weighted by Gasteiger charge is -2.31. The summed E-state index contributed by atoms with van der Waals surface area (Å²) in [6.07, 6.45) is 1.95. The second-order valence-electron chi connectivity index (χ2n) is 6.11. The number of aryl methyl sites for hydroxylation is 2. The molecule has 2 rings (SSSR count). The second kappa shape index (κ2) is 7.07. The van der Waals surface area contributed by atoms with Crippen molar-refractivity contribution >= 4 is 11.8 Å². The molecule has 0 aromatic carbocycles. The number of Topliss-reactive ketones (excluding diaryl/α,β-unsaturated/α-hetero) is 1. The number of hydrogen-bond donors (Lipinski definition) is 1. The van der Waals surface area contributed by atoms with Gasteiger partial charge in [-0.3, -0.25) is 14.5 Å². The van der Waals surface area contributed by atoms with Crippen molar-refractivity contribution < 1.29 is 14.7 Å². The molecule has 122 valence electrons. The Hall–Kier alpha value is -1.66. The highest BCUT2D eigenvalue weighted by Crippen LogP contribution is 2.18. The summed E-state index contributed by atoms with van der Waals surface area (Å²) < 4.78 is 1.88. The van der Waals surface area contributed by atoms with Crippen LogP contribution in [0.5, 0.6) is 0 Å². The van der Waals surface area contributed by atoms with E-state index in [-0.39, 0.29) is 12.2 Å². The number of piperazine rings is 1. The Morgan fingerprint density at radius 3 is 2.41 bits per heavy atom. The summed E-state index contributed by atoms with van der Waals surface area (Å²) in [5.74, 6) is -0.690. The van der Waals surface area contributed by atoms with Gasteiger partial charge in [-0.05, 0) is 26.5 Å². The predicted octanol–water partition coefficient (Wildman–Crippen LogP) is 1.01. The maximum absolute atomic E-state index is 12.6.